The molecule has 3 rings (SSSR count). The fourth-order valence-corrected chi connectivity index (χ4v) is 2.36. The van der Waals surface area contributed by atoms with Crippen molar-refractivity contribution in [1.29, 1.82) is 0 Å². The number of nitrogens with one attached hydrogen (secondary N) is 2. The van der Waals surface area contributed by atoms with Gasteiger partial charge in [0.1, 0.15) is 5.65 Å². The van der Waals surface area contributed by atoms with Gasteiger partial charge in [-0.05, 0) is 18.9 Å². The molecule has 0 unspecified atom stereocenters. The van der Waals surface area contributed by atoms with E-state index in [1.807, 2.05) is 0 Å². The molecule has 2 aromatic heterocycles. The minimum atomic E-state index is -0.526. The van der Waals surface area contributed by atoms with Crippen LogP contribution in [-0.2, 0) is 18.9 Å². The van der Waals surface area contributed by atoms with Crippen molar-refractivity contribution in [2.45, 2.75) is 18.9 Å². The van der Waals surface area contributed by atoms with Crippen LogP contribution in [0.4, 0.5) is 0 Å². The first-order chi connectivity index (χ1) is 11.4. The van der Waals surface area contributed by atoms with Crippen LogP contribution >= 0.6 is 0 Å². The molecule has 0 radical (unpaired) electrons. The Morgan fingerprint density at radius 2 is 1.96 bits per heavy atom. The number of rotatable bonds is 4. The predicted octanol–water partition coefficient (Wildman–Crippen LogP) is -1.36. The molecule has 126 valence electrons. The smallest absolute Gasteiger partial charge is 0.332 e. The normalized spacial score (nSPS) is 13.8. The van der Waals surface area contributed by atoms with E-state index < -0.39 is 17.2 Å². The highest BCUT2D eigenvalue weighted by Crippen LogP contribution is 2.18. The molecule has 9 nitrogen and oxygen atoms in total. The summed E-state index contributed by atoms with van der Waals surface area (Å²) in [5.41, 5.74) is -0.667. The van der Waals surface area contributed by atoms with Gasteiger partial charge in [-0.15, -0.1) is 0 Å². The SMILES string of the molecule is Cn1c(=O)c2cc(C(=O)NCC(=O)NC3CC3)cnc2n(C)c1=O. The molecule has 2 heterocycles. The van der Waals surface area contributed by atoms with Crippen molar-refractivity contribution >= 4 is 22.8 Å². The number of aryl methyl sites for hydroxylation is 1. The first-order valence-corrected chi connectivity index (χ1v) is 7.52. The number of carbonyl (C=O) groups excluding carboxylic acids is 2. The van der Waals surface area contributed by atoms with Crippen LogP contribution in [0.1, 0.15) is 23.2 Å². The van der Waals surface area contributed by atoms with Crippen molar-refractivity contribution < 1.29 is 9.59 Å². The molecule has 1 aliphatic rings. The van der Waals surface area contributed by atoms with E-state index in [4.69, 9.17) is 0 Å². The molecule has 0 spiro atoms. The minimum Gasteiger partial charge on any atom is -0.352 e. The Balaban J connectivity index is 1.84. The summed E-state index contributed by atoms with van der Waals surface area (Å²) in [6.07, 6.45) is 3.21. The lowest BCUT2D eigenvalue weighted by Gasteiger charge is -2.09. The Morgan fingerprint density at radius 1 is 1.25 bits per heavy atom. The molecule has 2 aromatic rings. The van der Waals surface area contributed by atoms with Crippen LogP contribution in [0, 0.1) is 0 Å². The fraction of sp³-hybridized carbons (Fsp3) is 0.400. The van der Waals surface area contributed by atoms with E-state index in [1.54, 1.807) is 0 Å². The zero-order chi connectivity index (χ0) is 17.4. The second kappa shape index (κ2) is 5.91. The summed E-state index contributed by atoms with van der Waals surface area (Å²) in [5, 5.41) is 5.41. The Labute approximate surface area is 136 Å². The molecule has 0 aromatic carbocycles. The van der Waals surface area contributed by atoms with Gasteiger partial charge >= 0.3 is 5.69 Å². The molecular weight excluding hydrogens is 314 g/mol. The van der Waals surface area contributed by atoms with Gasteiger partial charge in [0.2, 0.25) is 5.91 Å². The van der Waals surface area contributed by atoms with E-state index >= 15 is 0 Å². The van der Waals surface area contributed by atoms with Gasteiger partial charge in [-0.25, -0.2) is 9.78 Å². The summed E-state index contributed by atoms with van der Waals surface area (Å²) >= 11 is 0. The molecule has 0 aliphatic heterocycles. The molecular formula is C15H17N5O4. The molecule has 1 fully saturated rings. The number of pyridine rings is 1. The van der Waals surface area contributed by atoms with Crippen molar-refractivity contribution in [3.05, 3.63) is 38.7 Å². The van der Waals surface area contributed by atoms with Gasteiger partial charge in [0.15, 0.2) is 0 Å². The van der Waals surface area contributed by atoms with E-state index in [0.717, 1.165) is 17.4 Å². The van der Waals surface area contributed by atoms with Crippen molar-refractivity contribution in [2.24, 2.45) is 14.1 Å². The maximum atomic E-state index is 12.2. The summed E-state index contributed by atoms with van der Waals surface area (Å²) in [5.74, 6) is -0.760. The number of hydrogen-bond donors (Lipinski definition) is 2. The molecule has 1 aliphatic carbocycles. The molecule has 0 atom stereocenters. The van der Waals surface area contributed by atoms with E-state index in [0.29, 0.717) is 0 Å². The van der Waals surface area contributed by atoms with E-state index in [9.17, 15) is 19.2 Å². The van der Waals surface area contributed by atoms with Gasteiger partial charge in [0, 0.05) is 26.3 Å². The van der Waals surface area contributed by atoms with Crippen molar-refractivity contribution in [2.75, 3.05) is 6.54 Å². The summed E-state index contributed by atoms with van der Waals surface area (Å²) < 4.78 is 2.19. The third-order valence-corrected chi connectivity index (χ3v) is 3.91. The first kappa shape index (κ1) is 15.9. The maximum Gasteiger partial charge on any atom is 0.332 e. The topological polar surface area (TPSA) is 115 Å². The van der Waals surface area contributed by atoms with Crippen molar-refractivity contribution in [1.82, 2.24) is 24.8 Å². The highest BCUT2D eigenvalue weighted by Gasteiger charge is 2.23. The molecule has 1 saturated carbocycles. The lowest BCUT2D eigenvalue weighted by molar-refractivity contribution is -0.120. The lowest BCUT2D eigenvalue weighted by atomic mass is 10.2. The molecule has 0 bridgehead atoms. The van der Waals surface area contributed by atoms with Gasteiger partial charge in [-0.2, -0.15) is 0 Å². The summed E-state index contributed by atoms with van der Waals surface area (Å²) in [4.78, 5) is 51.8. The van der Waals surface area contributed by atoms with Crippen LogP contribution in [0.3, 0.4) is 0 Å². The molecule has 2 N–H and O–H groups in total. The molecule has 9 heteroatoms. The van der Waals surface area contributed by atoms with Crippen LogP contribution in [0.5, 0.6) is 0 Å². The standard InChI is InChI=1S/C15H17N5O4/c1-19-12-10(14(23)20(2)15(19)24)5-8(6-16-12)13(22)17-7-11(21)18-9-3-4-9/h5-6,9H,3-4,7H2,1-2H3,(H,17,22)(H,18,21). The predicted molar refractivity (Wildman–Crippen MR) is 85.7 cm³/mol. The Bertz CT molecular complexity index is 955. The first-order valence-electron chi connectivity index (χ1n) is 7.52. The highest BCUT2D eigenvalue weighted by molar-refractivity contribution is 5.98. The van der Waals surface area contributed by atoms with E-state index in [2.05, 4.69) is 15.6 Å². The molecule has 0 saturated heterocycles. The third-order valence-electron chi connectivity index (χ3n) is 3.91. The average Bonchev–Trinajstić information content (AvgIpc) is 3.39. The zero-order valence-corrected chi connectivity index (χ0v) is 13.3. The van der Waals surface area contributed by atoms with Crippen LogP contribution in [-0.4, -0.2) is 38.5 Å². The highest BCUT2D eigenvalue weighted by atomic mass is 16.2. The Hall–Kier alpha value is -2.97. The molecule has 24 heavy (non-hydrogen) atoms. The Kier molecular flexibility index (Phi) is 3.92. The van der Waals surface area contributed by atoms with Crippen LogP contribution in [0.2, 0.25) is 0 Å². The monoisotopic (exact) mass is 331 g/mol. The third kappa shape index (κ3) is 2.92. The number of aromatic nitrogens is 3. The van der Waals surface area contributed by atoms with Gasteiger partial charge in [-0.1, -0.05) is 0 Å². The maximum absolute atomic E-state index is 12.2. The minimum absolute atomic E-state index is 0.140. The van der Waals surface area contributed by atoms with Gasteiger partial charge < -0.3 is 10.6 Å². The van der Waals surface area contributed by atoms with Gasteiger partial charge in [0.05, 0.1) is 17.5 Å². The van der Waals surface area contributed by atoms with Gasteiger partial charge in [-0.3, -0.25) is 23.5 Å². The average molecular weight is 331 g/mol. The Morgan fingerprint density at radius 3 is 2.62 bits per heavy atom. The van der Waals surface area contributed by atoms with Crippen LogP contribution < -0.4 is 21.9 Å². The van der Waals surface area contributed by atoms with E-state index in [1.165, 1.54) is 30.9 Å². The number of nitrogens with zero attached hydrogens (tertiary/aromatic N) is 3. The summed E-state index contributed by atoms with van der Waals surface area (Å²) in [6.45, 7) is -0.140. The second-order valence-electron chi connectivity index (χ2n) is 5.83. The summed E-state index contributed by atoms with van der Waals surface area (Å²) in [7, 11) is 2.86. The van der Waals surface area contributed by atoms with Crippen molar-refractivity contribution in [3.8, 4) is 0 Å². The number of carbonyl (C=O) groups is 2. The second-order valence-corrected chi connectivity index (χ2v) is 5.83. The lowest BCUT2D eigenvalue weighted by Crippen LogP contribution is -2.38. The van der Waals surface area contributed by atoms with Crippen molar-refractivity contribution in [3.63, 3.8) is 0 Å². The van der Waals surface area contributed by atoms with Crippen LogP contribution in [0.25, 0.3) is 11.0 Å². The van der Waals surface area contributed by atoms with E-state index in [-0.39, 0.29) is 35.1 Å². The fourth-order valence-electron chi connectivity index (χ4n) is 2.36. The summed E-state index contributed by atoms with van der Waals surface area (Å²) in [6, 6.07) is 1.60. The number of amides is 2. The quantitative estimate of drug-likeness (QED) is 0.718. The van der Waals surface area contributed by atoms with Gasteiger partial charge in [0.25, 0.3) is 11.5 Å². The largest absolute Gasteiger partial charge is 0.352 e. The number of hydrogen-bond acceptors (Lipinski definition) is 5. The number of fused-ring (bicyclic) bond motifs is 1. The molecule has 2 amide bonds. The van der Waals surface area contributed by atoms with Crippen LogP contribution in [0.15, 0.2) is 21.9 Å². The zero-order valence-electron chi connectivity index (χ0n) is 13.3.